The zero-order valence-electron chi connectivity index (χ0n) is 10.7. The zero-order chi connectivity index (χ0) is 14.8. The van der Waals surface area contributed by atoms with Crippen LogP contribution in [0.2, 0.25) is 0 Å². The van der Waals surface area contributed by atoms with Crippen molar-refractivity contribution in [2.45, 2.75) is 12.2 Å². The van der Waals surface area contributed by atoms with Crippen LogP contribution in [0.15, 0.2) is 24.3 Å². The quantitative estimate of drug-likeness (QED) is 0.885. The molecule has 1 aromatic rings. The van der Waals surface area contributed by atoms with Crippen molar-refractivity contribution in [3.8, 4) is 6.07 Å². The fourth-order valence-corrected chi connectivity index (χ4v) is 3.84. The van der Waals surface area contributed by atoms with Crippen LogP contribution < -0.4 is 0 Å². The summed E-state index contributed by atoms with van der Waals surface area (Å²) < 4.78 is 25.7. The summed E-state index contributed by atoms with van der Waals surface area (Å²) in [5.74, 6) is -1.89. The highest BCUT2D eigenvalue weighted by Crippen LogP contribution is 2.22. The van der Waals surface area contributed by atoms with Crippen LogP contribution >= 0.6 is 0 Å². The number of carbonyl (C=O) groups is 1. The number of carboxylic acids is 1. The highest BCUT2D eigenvalue weighted by Gasteiger charge is 2.35. The van der Waals surface area contributed by atoms with Gasteiger partial charge < -0.3 is 5.11 Å². The zero-order valence-corrected chi connectivity index (χ0v) is 11.5. The first-order chi connectivity index (χ1) is 9.44. The highest BCUT2D eigenvalue weighted by atomic mass is 32.2. The summed E-state index contributed by atoms with van der Waals surface area (Å²) in [6, 6.07) is 8.47. The number of sulfonamides is 1. The summed E-state index contributed by atoms with van der Waals surface area (Å²) in [6.07, 6.45) is 0.328. The molecule has 1 aromatic carbocycles. The molecule has 0 aliphatic carbocycles. The fourth-order valence-electron chi connectivity index (χ4n) is 2.23. The first kappa shape index (κ1) is 14.5. The van der Waals surface area contributed by atoms with E-state index < -0.39 is 21.9 Å². The molecule has 1 aliphatic heterocycles. The van der Waals surface area contributed by atoms with Crippen molar-refractivity contribution in [2.24, 2.45) is 5.92 Å². The van der Waals surface area contributed by atoms with Crippen molar-refractivity contribution in [1.29, 1.82) is 5.26 Å². The van der Waals surface area contributed by atoms with E-state index in [0.29, 0.717) is 17.5 Å². The second-order valence-corrected chi connectivity index (χ2v) is 6.68. The maximum atomic E-state index is 12.3. The lowest BCUT2D eigenvalue weighted by molar-refractivity contribution is -0.141. The van der Waals surface area contributed by atoms with Crippen LogP contribution in [-0.2, 0) is 20.6 Å². The van der Waals surface area contributed by atoms with E-state index in [1.54, 1.807) is 24.3 Å². The number of carboxylic acid groups (broad SMARTS) is 1. The molecule has 0 saturated carbocycles. The van der Waals surface area contributed by atoms with Crippen LogP contribution in [0.3, 0.4) is 0 Å². The van der Waals surface area contributed by atoms with Crippen LogP contribution in [0.5, 0.6) is 0 Å². The van der Waals surface area contributed by atoms with Gasteiger partial charge in [0.25, 0.3) is 0 Å². The molecule has 6 nitrogen and oxygen atoms in total. The van der Waals surface area contributed by atoms with Crippen LogP contribution in [-0.4, -0.2) is 36.9 Å². The molecule has 1 N–H and O–H groups in total. The van der Waals surface area contributed by atoms with Gasteiger partial charge in [-0.2, -0.15) is 5.26 Å². The Morgan fingerprint density at radius 3 is 2.75 bits per heavy atom. The average Bonchev–Trinajstić information content (AvgIpc) is 2.89. The summed E-state index contributed by atoms with van der Waals surface area (Å²) in [5.41, 5.74) is 0.763. The molecule has 1 unspecified atom stereocenters. The van der Waals surface area contributed by atoms with Crippen molar-refractivity contribution < 1.29 is 18.3 Å². The third kappa shape index (κ3) is 2.98. The van der Waals surface area contributed by atoms with Crippen LogP contribution in [0, 0.1) is 17.2 Å². The maximum Gasteiger partial charge on any atom is 0.307 e. The van der Waals surface area contributed by atoms with Gasteiger partial charge in [-0.3, -0.25) is 4.79 Å². The summed E-state index contributed by atoms with van der Waals surface area (Å²) in [5, 5.41) is 17.9. The Bertz CT molecular complexity index is 663. The number of benzene rings is 1. The van der Waals surface area contributed by atoms with Crippen molar-refractivity contribution in [3.05, 3.63) is 35.4 Å². The minimum atomic E-state index is -3.59. The molecule has 7 heteroatoms. The van der Waals surface area contributed by atoms with Gasteiger partial charge >= 0.3 is 5.97 Å². The van der Waals surface area contributed by atoms with Crippen LogP contribution in [0.1, 0.15) is 17.5 Å². The lowest BCUT2D eigenvalue weighted by Gasteiger charge is -2.16. The van der Waals surface area contributed by atoms with Crippen molar-refractivity contribution >= 4 is 16.0 Å². The summed E-state index contributed by atoms with van der Waals surface area (Å²) in [7, 11) is -3.59. The standard InChI is InChI=1S/C13H14N2O4S/c14-7-10-3-1-2-4-12(10)9-20(18,19)15-6-5-11(8-15)13(16)17/h1-4,11H,5-6,8-9H2,(H,16,17). The summed E-state index contributed by atoms with van der Waals surface area (Å²) in [6.45, 7) is 0.223. The molecule has 1 fully saturated rings. The summed E-state index contributed by atoms with van der Waals surface area (Å²) in [4.78, 5) is 10.9. The first-order valence-corrected chi connectivity index (χ1v) is 7.73. The molecular weight excluding hydrogens is 280 g/mol. The third-order valence-electron chi connectivity index (χ3n) is 3.37. The number of aliphatic carboxylic acids is 1. The van der Waals surface area contributed by atoms with Gasteiger partial charge in [-0.1, -0.05) is 18.2 Å². The molecule has 0 bridgehead atoms. The molecule has 0 spiro atoms. The van der Waals surface area contributed by atoms with E-state index in [2.05, 4.69) is 0 Å². The minimum absolute atomic E-state index is 0.00634. The Hall–Kier alpha value is -1.91. The largest absolute Gasteiger partial charge is 0.481 e. The Balaban J connectivity index is 2.17. The maximum absolute atomic E-state index is 12.3. The van der Waals surface area contributed by atoms with Gasteiger partial charge in [0.05, 0.1) is 23.3 Å². The molecular formula is C13H14N2O4S. The van der Waals surface area contributed by atoms with E-state index in [1.807, 2.05) is 6.07 Å². The van der Waals surface area contributed by atoms with Gasteiger partial charge in [0, 0.05) is 13.1 Å². The van der Waals surface area contributed by atoms with E-state index in [0.717, 1.165) is 0 Å². The van der Waals surface area contributed by atoms with E-state index in [4.69, 9.17) is 10.4 Å². The molecule has 0 aromatic heterocycles. The second-order valence-electron chi connectivity index (χ2n) is 4.71. The Morgan fingerprint density at radius 2 is 2.15 bits per heavy atom. The number of rotatable bonds is 4. The van der Waals surface area contributed by atoms with E-state index in [1.165, 1.54) is 4.31 Å². The van der Waals surface area contributed by atoms with Crippen LogP contribution in [0.4, 0.5) is 0 Å². The van der Waals surface area contributed by atoms with Crippen LogP contribution in [0.25, 0.3) is 0 Å². The normalized spacial score (nSPS) is 19.6. The van der Waals surface area contributed by atoms with E-state index in [-0.39, 0.29) is 18.8 Å². The molecule has 106 valence electrons. The van der Waals surface area contributed by atoms with Crippen molar-refractivity contribution in [3.63, 3.8) is 0 Å². The van der Waals surface area contributed by atoms with Gasteiger partial charge in [-0.15, -0.1) is 0 Å². The first-order valence-electron chi connectivity index (χ1n) is 6.12. The number of nitrogens with zero attached hydrogens (tertiary/aromatic N) is 2. The third-order valence-corrected chi connectivity index (χ3v) is 5.16. The molecule has 20 heavy (non-hydrogen) atoms. The fraction of sp³-hybridized carbons (Fsp3) is 0.385. The second kappa shape index (κ2) is 5.61. The topological polar surface area (TPSA) is 98.5 Å². The Labute approximate surface area is 117 Å². The van der Waals surface area contributed by atoms with Gasteiger partial charge in [0.15, 0.2) is 0 Å². The monoisotopic (exact) mass is 294 g/mol. The number of nitriles is 1. The van der Waals surface area contributed by atoms with E-state index in [9.17, 15) is 13.2 Å². The smallest absolute Gasteiger partial charge is 0.307 e. The summed E-state index contributed by atoms with van der Waals surface area (Å²) >= 11 is 0. The Morgan fingerprint density at radius 1 is 1.45 bits per heavy atom. The van der Waals surface area contributed by atoms with Crippen molar-refractivity contribution in [1.82, 2.24) is 4.31 Å². The molecule has 1 aliphatic rings. The SMILES string of the molecule is N#Cc1ccccc1CS(=O)(=O)N1CCC(C(=O)O)C1. The van der Waals surface area contributed by atoms with E-state index >= 15 is 0 Å². The molecule has 1 saturated heterocycles. The van der Waals surface area contributed by atoms with Gasteiger partial charge in [-0.05, 0) is 18.1 Å². The number of hydrogen-bond acceptors (Lipinski definition) is 4. The minimum Gasteiger partial charge on any atom is -0.481 e. The highest BCUT2D eigenvalue weighted by molar-refractivity contribution is 7.88. The predicted octanol–water partition coefficient (Wildman–Crippen LogP) is 0.795. The Kier molecular flexibility index (Phi) is 4.06. The lowest BCUT2D eigenvalue weighted by Crippen LogP contribution is -2.31. The predicted molar refractivity (Wildman–Crippen MR) is 71.1 cm³/mol. The molecule has 2 rings (SSSR count). The molecule has 1 heterocycles. The van der Waals surface area contributed by atoms with Crippen molar-refractivity contribution in [2.75, 3.05) is 13.1 Å². The average molecular weight is 294 g/mol. The van der Waals surface area contributed by atoms with Gasteiger partial charge in [0.1, 0.15) is 0 Å². The molecule has 1 atom stereocenters. The lowest BCUT2D eigenvalue weighted by atomic mass is 10.1. The van der Waals surface area contributed by atoms with Gasteiger partial charge in [-0.25, -0.2) is 12.7 Å². The number of hydrogen-bond donors (Lipinski definition) is 1. The molecule has 0 amide bonds. The molecule has 0 radical (unpaired) electrons. The van der Waals surface area contributed by atoms with Gasteiger partial charge in [0.2, 0.25) is 10.0 Å².